The molecule has 1 fully saturated rings. The van der Waals surface area contributed by atoms with Crippen LogP contribution >= 0.6 is 0 Å². The van der Waals surface area contributed by atoms with Crippen LogP contribution in [-0.2, 0) is 20.1 Å². The summed E-state index contributed by atoms with van der Waals surface area (Å²) in [5.74, 6) is 0.712. The lowest BCUT2D eigenvalue weighted by Crippen LogP contribution is -2.41. The van der Waals surface area contributed by atoms with Crippen LogP contribution in [0.2, 0.25) is 0 Å². The number of benzene rings is 1. The molecule has 0 N–H and O–H groups in total. The molecule has 1 aliphatic heterocycles. The molecule has 0 radical (unpaired) electrons. The van der Waals surface area contributed by atoms with Gasteiger partial charge in [0.2, 0.25) is 0 Å². The summed E-state index contributed by atoms with van der Waals surface area (Å²) in [7, 11) is -1.33. The zero-order valence-corrected chi connectivity index (χ0v) is 14.5. The molecular weight excluding hydrogens is 283 g/mol. The fourth-order valence-electron chi connectivity index (χ4n) is 2.18. The second kappa shape index (κ2) is 6.23. The molecule has 1 saturated heterocycles. The summed E-state index contributed by atoms with van der Waals surface area (Å²) in [6.45, 7) is 10.3. The second-order valence-corrected chi connectivity index (χ2v) is 8.13. The molecule has 1 atom stereocenters. The van der Waals surface area contributed by atoms with Crippen molar-refractivity contribution >= 4 is 23.4 Å². The van der Waals surface area contributed by atoms with Crippen molar-refractivity contribution in [3.05, 3.63) is 24.3 Å². The van der Waals surface area contributed by atoms with E-state index in [0.29, 0.717) is 5.75 Å². The van der Waals surface area contributed by atoms with Crippen molar-refractivity contribution in [3.63, 3.8) is 0 Å². The van der Waals surface area contributed by atoms with Gasteiger partial charge < -0.3 is 9.31 Å². The summed E-state index contributed by atoms with van der Waals surface area (Å²) in [5, 5.41) is 0. The Kier molecular flexibility index (Phi) is 4.96. The van der Waals surface area contributed by atoms with Crippen molar-refractivity contribution in [1.82, 2.24) is 0 Å². The van der Waals surface area contributed by atoms with E-state index in [1.54, 1.807) is 0 Å². The maximum atomic E-state index is 12.3. The molecule has 1 heterocycles. The number of hydrogen-bond acceptors (Lipinski definition) is 3. The van der Waals surface area contributed by atoms with E-state index in [0.717, 1.165) is 23.2 Å². The molecular formula is C16H25BO3S. The molecule has 3 nitrogen and oxygen atoms in total. The van der Waals surface area contributed by atoms with E-state index in [9.17, 15) is 4.21 Å². The van der Waals surface area contributed by atoms with Crippen LogP contribution in [0, 0.1) is 0 Å². The van der Waals surface area contributed by atoms with Gasteiger partial charge in [0.1, 0.15) is 0 Å². The Balaban J connectivity index is 2.17. The summed E-state index contributed by atoms with van der Waals surface area (Å²) in [4.78, 5) is 0.857. The third-order valence-corrected chi connectivity index (χ3v) is 5.77. The van der Waals surface area contributed by atoms with E-state index in [-0.39, 0.29) is 11.2 Å². The van der Waals surface area contributed by atoms with Crippen LogP contribution in [0.4, 0.5) is 0 Å². The van der Waals surface area contributed by atoms with Gasteiger partial charge >= 0.3 is 7.12 Å². The zero-order chi connectivity index (χ0) is 15.7. The van der Waals surface area contributed by atoms with Gasteiger partial charge in [-0.2, -0.15) is 0 Å². The van der Waals surface area contributed by atoms with E-state index in [1.165, 1.54) is 0 Å². The molecule has 2 rings (SSSR count). The number of unbranched alkanes of at least 4 members (excludes halogenated alkanes) is 1. The Hall–Kier alpha value is -0.645. The van der Waals surface area contributed by atoms with Gasteiger partial charge in [0.25, 0.3) is 0 Å². The van der Waals surface area contributed by atoms with Gasteiger partial charge in [0.05, 0.1) is 22.0 Å². The number of rotatable bonds is 5. The fraction of sp³-hybridized carbons (Fsp3) is 0.625. The lowest BCUT2D eigenvalue weighted by Gasteiger charge is -2.32. The van der Waals surface area contributed by atoms with Crippen molar-refractivity contribution in [2.45, 2.75) is 63.6 Å². The highest BCUT2D eigenvalue weighted by Crippen LogP contribution is 2.36. The minimum absolute atomic E-state index is 0.352. The van der Waals surface area contributed by atoms with Gasteiger partial charge in [-0.15, -0.1) is 0 Å². The molecule has 0 saturated carbocycles. The number of hydrogen-bond donors (Lipinski definition) is 0. The average molecular weight is 308 g/mol. The molecule has 1 unspecified atom stereocenters. The molecule has 1 aromatic rings. The quantitative estimate of drug-likeness (QED) is 0.785. The lowest BCUT2D eigenvalue weighted by molar-refractivity contribution is 0.00578. The Labute approximate surface area is 131 Å². The highest BCUT2D eigenvalue weighted by molar-refractivity contribution is 7.85. The summed E-state index contributed by atoms with van der Waals surface area (Å²) in [5.41, 5.74) is 0.236. The van der Waals surface area contributed by atoms with Gasteiger partial charge in [0, 0.05) is 10.6 Å². The third kappa shape index (κ3) is 3.58. The normalized spacial score (nSPS) is 21.5. The van der Waals surface area contributed by atoms with Gasteiger partial charge in [-0.1, -0.05) is 25.5 Å². The molecule has 1 aromatic carbocycles. The molecule has 1 aliphatic rings. The minimum Gasteiger partial charge on any atom is -0.399 e. The van der Waals surface area contributed by atoms with Crippen molar-refractivity contribution in [2.75, 3.05) is 5.75 Å². The van der Waals surface area contributed by atoms with Crippen LogP contribution in [0.5, 0.6) is 0 Å². The van der Waals surface area contributed by atoms with Crippen LogP contribution < -0.4 is 5.46 Å². The smallest absolute Gasteiger partial charge is 0.399 e. The van der Waals surface area contributed by atoms with E-state index in [1.807, 2.05) is 52.0 Å². The topological polar surface area (TPSA) is 35.5 Å². The minimum atomic E-state index is -0.943. The van der Waals surface area contributed by atoms with Gasteiger partial charge in [-0.3, -0.25) is 4.21 Å². The summed E-state index contributed by atoms with van der Waals surface area (Å²) >= 11 is 0. The van der Waals surface area contributed by atoms with Crippen molar-refractivity contribution in [2.24, 2.45) is 0 Å². The predicted octanol–water partition coefficient (Wildman–Crippen LogP) is 2.89. The summed E-state index contributed by atoms with van der Waals surface area (Å²) < 4.78 is 24.3. The second-order valence-electron chi connectivity index (χ2n) is 6.56. The summed E-state index contributed by atoms with van der Waals surface area (Å²) in [6.07, 6.45) is 2.04. The van der Waals surface area contributed by atoms with Crippen molar-refractivity contribution in [3.8, 4) is 0 Å². The highest BCUT2D eigenvalue weighted by Gasteiger charge is 2.51. The van der Waals surface area contributed by atoms with Crippen LogP contribution in [0.25, 0.3) is 0 Å². The molecule has 0 aliphatic carbocycles. The molecule has 0 bridgehead atoms. The SMILES string of the molecule is CCCCS(=O)c1cccc(B2OC(C)(C)C(C)(C)O2)c1. The van der Waals surface area contributed by atoms with E-state index < -0.39 is 17.9 Å². The van der Waals surface area contributed by atoms with Crippen LogP contribution in [-0.4, -0.2) is 28.3 Å². The van der Waals surface area contributed by atoms with E-state index >= 15 is 0 Å². The predicted molar refractivity (Wildman–Crippen MR) is 88.3 cm³/mol. The largest absolute Gasteiger partial charge is 0.494 e. The maximum Gasteiger partial charge on any atom is 0.494 e. The molecule has 0 aromatic heterocycles. The van der Waals surface area contributed by atoms with Crippen LogP contribution in [0.3, 0.4) is 0 Å². The van der Waals surface area contributed by atoms with Crippen molar-refractivity contribution in [1.29, 1.82) is 0 Å². The van der Waals surface area contributed by atoms with Crippen LogP contribution in [0.1, 0.15) is 47.5 Å². The first-order chi connectivity index (χ1) is 9.77. The van der Waals surface area contributed by atoms with E-state index in [2.05, 4.69) is 6.92 Å². The molecule has 116 valence electrons. The Morgan fingerprint density at radius 3 is 2.33 bits per heavy atom. The van der Waals surface area contributed by atoms with Gasteiger partial charge in [-0.05, 0) is 51.7 Å². The molecule has 21 heavy (non-hydrogen) atoms. The van der Waals surface area contributed by atoms with Gasteiger partial charge in [-0.25, -0.2) is 0 Å². The first-order valence-corrected chi connectivity index (χ1v) is 8.93. The first kappa shape index (κ1) is 16.7. The maximum absolute atomic E-state index is 12.3. The third-order valence-electron chi connectivity index (χ3n) is 4.33. The molecule has 0 spiro atoms. The average Bonchev–Trinajstić information content (AvgIpc) is 2.65. The van der Waals surface area contributed by atoms with E-state index in [4.69, 9.17) is 9.31 Å². The Bertz CT molecular complexity index is 512. The Morgan fingerprint density at radius 1 is 1.14 bits per heavy atom. The lowest BCUT2D eigenvalue weighted by atomic mass is 9.79. The van der Waals surface area contributed by atoms with Crippen molar-refractivity contribution < 1.29 is 13.5 Å². The summed E-state index contributed by atoms with van der Waals surface area (Å²) in [6, 6.07) is 7.77. The first-order valence-electron chi connectivity index (χ1n) is 7.61. The van der Waals surface area contributed by atoms with Gasteiger partial charge in [0.15, 0.2) is 0 Å². The monoisotopic (exact) mass is 308 g/mol. The Morgan fingerprint density at radius 2 is 1.76 bits per heavy atom. The zero-order valence-electron chi connectivity index (χ0n) is 13.6. The molecule has 0 amide bonds. The standard InChI is InChI=1S/C16H25BO3S/c1-6-7-11-21(18)14-10-8-9-13(12-14)17-19-15(2,3)16(4,5)20-17/h8-10,12H,6-7,11H2,1-5H3. The van der Waals surface area contributed by atoms with Crippen LogP contribution in [0.15, 0.2) is 29.2 Å². The molecule has 5 heteroatoms. The highest BCUT2D eigenvalue weighted by atomic mass is 32.2. The fourth-order valence-corrected chi connectivity index (χ4v) is 3.46.